The normalized spacial score (nSPS) is 11.9. The van der Waals surface area contributed by atoms with Gasteiger partial charge in [0, 0.05) is 49.4 Å². The Hall–Kier alpha value is -7.77. The number of fused-ring (bicyclic) bond motifs is 6. The minimum absolute atomic E-state index is 0.515. The number of rotatable bonds is 6. The van der Waals surface area contributed by atoms with Gasteiger partial charge in [-0.15, -0.1) is 0 Å². The molecular formula is C53H33F3N4. The molecule has 0 fully saturated rings. The molecule has 7 heteroatoms. The largest absolute Gasteiger partial charge is 0.416 e. The van der Waals surface area contributed by atoms with E-state index in [1.165, 1.54) is 12.1 Å². The number of halogens is 3. The lowest BCUT2D eigenvalue weighted by Gasteiger charge is -2.21. The molecule has 11 aromatic rings. The highest BCUT2D eigenvalue weighted by atomic mass is 19.4. The molecule has 0 N–H and O–H groups in total. The van der Waals surface area contributed by atoms with E-state index in [1.807, 2.05) is 115 Å². The predicted octanol–water partition coefficient (Wildman–Crippen LogP) is 14.4. The van der Waals surface area contributed by atoms with Gasteiger partial charge < -0.3 is 9.13 Å². The first-order chi connectivity index (χ1) is 29.4. The number of hydrogen-bond acceptors (Lipinski definition) is 2. The van der Waals surface area contributed by atoms with Crippen LogP contribution in [0.25, 0.3) is 100 Å². The van der Waals surface area contributed by atoms with Gasteiger partial charge in [0.2, 0.25) is 0 Å². The third kappa shape index (κ3) is 5.77. The van der Waals surface area contributed by atoms with Crippen LogP contribution in [0.2, 0.25) is 0 Å². The third-order valence-corrected chi connectivity index (χ3v) is 11.4. The van der Waals surface area contributed by atoms with Crippen molar-refractivity contribution in [2.75, 3.05) is 0 Å². The molecule has 0 bridgehead atoms. The molecule has 0 amide bonds. The van der Waals surface area contributed by atoms with E-state index in [9.17, 15) is 13.2 Å². The monoisotopic (exact) mass is 782 g/mol. The van der Waals surface area contributed by atoms with E-state index in [1.54, 1.807) is 6.07 Å². The standard InChI is InChI=1S/C53H33F3N4/c54-53(55,56)36-30-31-49-42(32-36)39-22-9-13-27-47(39)60(49)50-29-15-24-41(52-57-43(34-16-3-1-4-17-34)33-44(58-52)35-18-5-2-6-19-35)51(50)40-23-10-14-28-48(40)59-45-25-11-7-20-37(45)38-21-8-12-26-46(38)59/h1-33H. The number of alkyl halides is 3. The van der Waals surface area contributed by atoms with E-state index in [0.29, 0.717) is 16.7 Å². The lowest BCUT2D eigenvalue weighted by atomic mass is 9.94. The first kappa shape index (κ1) is 35.4. The van der Waals surface area contributed by atoms with Crippen LogP contribution in [-0.4, -0.2) is 19.1 Å². The van der Waals surface area contributed by atoms with Crippen molar-refractivity contribution in [1.82, 2.24) is 19.1 Å². The van der Waals surface area contributed by atoms with E-state index in [-0.39, 0.29) is 0 Å². The molecule has 60 heavy (non-hydrogen) atoms. The molecule has 3 heterocycles. The van der Waals surface area contributed by atoms with Crippen LogP contribution in [-0.2, 0) is 6.18 Å². The summed E-state index contributed by atoms with van der Waals surface area (Å²) in [5.74, 6) is 0.518. The summed E-state index contributed by atoms with van der Waals surface area (Å²) < 4.78 is 47.2. The Balaban J connectivity index is 1.28. The van der Waals surface area contributed by atoms with Gasteiger partial charge in [0.05, 0.1) is 50.4 Å². The first-order valence-electron chi connectivity index (χ1n) is 19.7. The molecule has 0 spiro atoms. The average molecular weight is 783 g/mol. The Morgan fingerprint density at radius 1 is 0.367 bits per heavy atom. The zero-order chi connectivity index (χ0) is 40.4. The fourth-order valence-corrected chi connectivity index (χ4v) is 8.75. The Morgan fingerprint density at radius 3 is 1.40 bits per heavy atom. The summed E-state index contributed by atoms with van der Waals surface area (Å²) in [6, 6.07) is 65.1. The topological polar surface area (TPSA) is 35.6 Å². The Morgan fingerprint density at radius 2 is 0.817 bits per heavy atom. The Kier molecular flexibility index (Phi) is 8.23. The van der Waals surface area contributed by atoms with Crippen molar-refractivity contribution in [2.45, 2.75) is 6.18 Å². The fourth-order valence-electron chi connectivity index (χ4n) is 8.75. The molecule has 0 saturated carbocycles. The van der Waals surface area contributed by atoms with Crippen molar-refractivity contribution >= 4 is 43.6 Å². The SMILES string of the molecule is FC(F)(F)c1ccc2c(c1)c1ccccc1n2-c1cccc(-c2nc(-c3ccccc3)cc(-c3ccccc3)n2)c1-c1ccccc1-n1c2ccccc2c2ccccc21. The molecule has 0 radical (unpaired) electrons. The maximum atomic E-state index is 14.3. The van der Waals surface area contributed by atoms with Gasteiger partial charge in [0.1, 0.15) is 0 Å². The van der Waals surface area contributed by atoms with E-state index >= 15 is 0 Å². The summed E-state index contributed by atoms with van der Waals surface area (Å²) in [6.07, 6.45) is -4.50. The summed E-state index contributed by atoms with van der Waals surface area (Å²) in [7, 11) is 0. The minimum Gasteiger partial charge on any atom is -0.309 e. The fraction of sp³-hybridized carbons (Fsp3) is 0.0189. The number of para-hydroxylation sites is 4. The van der Waals surface area contributed by atoms with Gasteiger partial charge in [-0.3, -0.25) is 0 Å². The van der Waals surface area contributed by atoms with Crippen LogP contribution in [0.15, 0.2) is 200 Å². The first-order valence-corrected chi connectivity index (χ1v) is 19.7. The van der Waals surface area contributed by atoms with Gasteiger partial charge in [-0.1, -0.05) is 146 Å². The highest BCUT2D eigenvalue weighted by molar-refractivity contribution is 6.12. The van der Waals surface area contributed by atoms with Gasteiger partial charge in [-0.05, 0) is 54.6 Å². The molecule has 4 nitrogen and oxygen atoms in total. The number of benzene rings is 8. The molecular weight excluding hydrogens is 750 g/mol. The van der Waals surface area contributed by atoms with Crippen LogP contribution in [0.4, 0.5) is 13.2 Å². The van der Waals surface area contributed by atoms with Gasteiger partial charge in [-0.25, -0.2) is 9.97 Å². The lowest BCUT2D eigenvalue weighted by Crippen LogP contribution is -2.05. The zero-order valence-electron chi connectivity index (χ0n) is 32.0. The molecule has 0 aliphatic rings. The van der Waals surface area contributed by atoms with E-state index in [4.69, 9.17) is 9.97 Å². The molecule has 0 aliphatic heterocycles. The van der Waals surface area contributed by atoms with Gasteiger partial charge in [0.25, 0.3) is 0 Å². The molecule has 0 saturated heterocycles. The van der Waals surface area contributed by atoms with Crippen molar-refractivity contribution in [2.24, 2.45) is 0 Å². The van der Waals surface area contributed by atoms with Gasteiger partial charge in [0.15, 0.2) is 5.82 Å². The summed E-state index contributed by atoms with van der Waals surface area (Å²) >= 11 is 0. The second-order valence-electron chi connectivity index (χ2n) is 14.9. The van der Waals surface area contributed by atoms with Crippen LogP contribution in [0.3, 0.4) is 0 Å². The van der Waals surface area contributed by atoms with Crippen LogP contribution in [0, 0.1) is 0 Å². The Labute approximate surface area is 343 Å². The summed E-state index contributed by atoms with van der Waals surface area (Å²) in [4.78, 5) is 10.6. The van der Waals surface area contributed by atoms with Crippen LogP contribution >= 0.6 is 0 Å². The Bertz CT molecular complexity index is 3310. The highest BCUT2D eigenvalue weighted by Gasteiger charge is 2.32. The molecule has 3 aromatic heterocycles. The smallest absolute Gasteiger partial charge is 0.309 e. The molecule has 286 valence electrons. The van der Waals surface area contributed by atoms with Gasteiger partial charge in [-0.2, -0.15) is 13.2 Å². The van der Waals surface area contributed by atoms with Crippen molar-refractivity contribution in [3.05, 3.63) is 206 Å². The summed E-state index contributed by atoms with van der Waals surface area (Å²) in [5, 5.41) is 3.50. The van der Waals surface area contributed by atoms with Crippen molar-refractivity contribution in [1.29, 1.82) is 0 Å². The number of nitrogens with zero attached hydrogens (tertiary/aromatic N) is 4. The molecule has 0 atom stereocenters. The predicted molar refractivity (Wildman–Crippen MR) is 237 cm³/mol. The quantitative estimate of drug-likeness (QED) is 0.168. The number of hydrogen-bond donors (Lipinski definition) is 0. The van der Waals surface area contributed by atoms with Crippen molar-refractivity contribution in [3.8, 4) is 56.4 Å². The summed E-state index contributed by atoms with van der Waals surface area (Å²) in [5.41, 5.74) is 10.5. The maximum Gasteiger partial charge on any atom is 0.416 e. The minimum atomic E-state index is -4.50. The second kappa shape index (κ2) is 14.0. The van der Waals surface area contributed by atoms with Crippen molar-refractivity contribution in [3.63, 3.8) is 0 Å². The third-order valence-electron chi connectivity index (χ3n) is 11.4. The summed E-state index contributed by atoms with van der Waals surface area (Å²) in [6.45, 7) is 0. The lowest BCUT2D eigenvalue weighted by molar-refractivity contribution is -0.137. The zero-order valence-corrected chi connectivity index (χ0v) is 32.0. The number of aromatic nitrogens is 4. The van der Waals surface area contributed by atoms with E-state index < -0.39 is 11.7 Å². The maximum absolute atomic E-state index is 14.3. The van der Waals surface area contributed by atoms with E-state index in [0.717, 1.165) is 83.3 Å². The van der Waals surface area contributed by atoms with Crippen LogP contribution in [0.5, 0.6) is 0 Å². The second-order valence-corrected chi connectivity index (χ2v) is 14.9. The molecule has 8 aromatic carbocycles. The molecule has 0 unspecified atom stereocenters. The van der Waals surface area contributed by atoms with Crippen LogP contribution in [0.1, 0.15) is 5.56 Å². The van der Waals surface area contributed by atoms with Crippen LogP contribution < -0.4 is 0 Å². The highest BCUT2D eigenvalue weighted by Crippen LogP contribution is 2.45. The van der Waals surface area contributed by atoms with E-state index in [2.05, 4.69) is 75.9 Å². The van der Waals surface area contributed by atoms with Gasteiger partial charge >= 0.3 is 6.18 Å². The molecule has 11 rings (SSSR count). The van der Waals surface area contributed by atoms with Crippen molar-refractivity contribution < 1.29 is 13.2 Å². The molecule has 0 aliphatic carbocycles. The average Bonchev–Trinajstić information content (AvgIpc) is 3.81.